The number of aliphatic hydroxyl groups is 1. The van der Waals surface area contributed by atoms with Crippen molar-refractivity contribution >= 4 is 10.9 Å². The molecule has 1 aromatic heterocycles. The van der Waals surface area contributed by atoms with Crippen molar-refractivity contribution in [1.82, 2.24) is 10.3 Å². The molecule has 0 radical (unpaired) electrons. The van der Waals surface area contributed by atoms with Crippen molar-refractivity contribution < 1.29 is 5.11 Å². The number of hydrogen-bond acceptors (Lipinski definition) is 3. The highest BCUT2D eigenvalue weighted by Gasteiger charge is 2.08. The molecule has 1 atom stereocenters. The van der Waals surface area contributed by atoms with Gasteiger partial charge in [0, 0.05) is 24.2 Å². The van der Waals surface area contributed by atoms with Crippen LogP contribution < -0.4 is 5.32 Å². The lowest BCUT2D eigenvalue weighted by Crippen LogP contribution is -2.27. The molecule has 90 valence electrons. The maximum atomic E-state index is 10.0. The number of benzene rings is 1. The van der Waals surface area contributed by atoms with Gasteiger partial charge in [-0.1, -0.05) is 26.0 Å². The highest BCUT2D eigenvalue weighted by Crippen LogP contribution is 2.18. The second-order valence-electron chi connectivity index (χ2n) is 4.53. The number of nitrogens with one attached hydrogen (secondary N) is 1. The first-order valence-corrected chi connectivity index (χ1v) is 5.93. The second-order valence-corrected chi connectivity index (χ2v) is 4.53. The minimum atomic E-state index is -0.470. The summed E-state index contributed by atoms with van der Waals surface area (Å²) in [6.45, 7) is 4.71. The Balaban J connectivity index is 2.18. The van der Waals surface area contributed by atoms with Gasteiger partial charge in [0.2, 0.25) is 0 Å². The van der Waals surface area contributed by atoms with Crippen molar-refractivity contribution in [3.05, 3.63) is 42.1 Å². The smallest absolute Gasteiger partial charge is 0.0914 e. The van der Waals surface area contributed by atoms with Gasteiger partial charge in [0.15, 0.2) is 0 Å². The molecular weight excluding hydrogens is 212 g/mol. The van der Waals surface area contributed by atoms with Crippen LogP contribution in [0.1, 0.15) is 25.5 Å². The maximum Gasteiger partial charge on any atom is 0.0914 e. The molecule has 2 rings (SSSR count). The van der Waals surface area contributed by atoms with Crippen LogP contribution in [0.4, 0.5) is 0 Å². The van der Waals surface area contributed by atoms with Crippen LogP contribution in [0.15, 0.2) is 36.5 Å². The molecule has 0 aliphatic rings. The second kappa shape index (κ2) is 5.25. The third-order valence-electron chi connectivity index (χ3n) is 2.73. The van der Waals surface area contributed by atoms with E-state index in [0.717, 1.165) is 16.5 Å². The fourth-order valence-electron chi connectivity index (χ4n) is 1.77. The lowest BCUT2D eigenvalue weighted by molar-refractivity contribution is 0.172. The molecule has 3 nitrogen and oxygen atoms in total. The molecule has 0 fully saturated rings. The van der Waals surface area contributed by atoms with Crippen LogP contribution in [0.2, 0.25) is 0 Å². The molecule has 17 heavy (non-hydrogen) atoms. The minimum Gasteiger partial charge on any atom is -0.387 e. The number of aliphatic hydroxyl groups excluding tert-OH is 1. The Morgan fingerprint density at radius 1 is 1.29 bits per heavy atom. The van der Waals surface area contributed by atoms with Crippen LogP contribution in [0.3, 0.4) is 0 Å². The Hall–Kier alpha value is -1.45. The number of fused-ring (bicyclic) bond motifs is 1. The molecule has 0 saturated heterocycles. The third kappa shape index (κ3) is 3.02. The normalized spacial score (nSPS) is 13.2. The van der Waals surface area contributed by atoms with Crippen LogP contribution in [0.25, 0.3) is 10.9 Å². The number of pyridine rings is 1. The van der Waals surface area contributed by atoms with E-state index in [1.54, 1.807) is 6.20 Å². The van der Waals surface area contributed by atoms with E-state index in [1.807, 2.05) is 30.3 Å². The van der Waals surface area contributed by atoms with Crippen LogP contribution in [-0.4, -0.2) is 22.7 Å². The van der Waals surface area contributed by atoms with Crippen LogP contribution in [0, 0.1) is 0 Å². The molecule has 2 N–H and O–H groups in total. The van der Waals surface area contributed by atoms with Crippen molar-refractivity contribution in [3.63, 3.8) is 0 Å². The SMILES string of the molecule is CC(C)NCC(O)c1ccc2ncccc2c1. The van der Waals surface area contributed by atoms with Crippen LogP contribution >= 0.6 is 0 Å². The standard InChI is InChI=1S/C14H18N2O/c1-10(2)16-9-14(17)12-5-6-13-11(8-12)4-3-7-15-13/h3-8,10,14,16-17H,9H2,1-2H3. The summed E-state index contributed by atoms with van der Waals surface area (Å²) in [5.74, 6) is 0. The third-order valence-corrected chi connectivity index (χ3v) is 2.73. The molecule has 1 heterocycles. The maximum absolute atomic E-state index is 10.0. The minimum absolute atomic E-state index is 0.381. The van der Waals surface area contributed by atoms with Gasteiger partial charge < -0.3 is 10.4 Å². The fraction of sp³-hybridized carbons (Fsp3) is 0.357. The molecule has 0 saturated carbocycles. The van der Waals surface area contributed by atoms with E-state index in [-0.39, 0.29) is 0 Å². The molecule has 0 bridgehead atoms. The number of hydrogen-bond donors (Lipinski definition) is 2. The Bertz CT molecular complexity index is 496. The molecule has 0 aliphatic heterocycles. The molecule has 1 unspecified atom stereocenters. The van der Waals surface area contributed by atoms with Crippen molar-refractivity contribution in [3.8, 4) is 0 Å². The van der Waals surface area contributed by atoms with Gasteiger partial charge in [-0.25, -0.2) is 0 Å². The topological polar surface area (TPSA) is 45.1 Å². The summed E-state index contributed by atoms with van der Waals surface area (Å²) in [5, 5.41) is 14.3. The first kappa shape index (κ1) is 12.0. The monoisotopic (exact) mass is 230 g/mol. The van der Waals surface area contributed by atoms with Crippen LogP contribution in [0.5, 0.6) is 0 Å². The Morgan fingerprint density at radius 2 is 2.12 bits per heavy atom. The van der Waals surface area contributed by atoms with E-state index in [0.29, 0.717) is 12.6 Å². The summed E-state index contributed by atoms with van der Waals surface area (Å²) in [5.41, 5.74) is 1.89. The summed E-state index contributed by atoms with van der Waals surface area (Å²) >= 11 is 0. The van der Waals surface area contributed by atoms with Crippen molar-refractivity contribution in [2.45, 2.75) is 26.0 Å². The number of rotatable bonds is 4. The van der Waals surface area contributed by atoms with Gasteiger partial charge in [-0.2, -0.15) is 0 Å². The fourth-order valence-corrected chi connectivity index (χ4v) is 1.77. The average molecular weight is 230 g/mol. The lowest BCUT2D eigenvalue weighted by atomic mass is 10.1. The van der Waals surface area contributed by atoms with Crippen molar-refractivity contribution in [1.29, 1.82) is 0 Å². The zero-order valence-corrected chi connectivity index (χ0v) is 10.2. The van der Waals surface area contributed by atoms with Gasteiger partial charge in [0.1, 0.15) is 0 Å². The van der Waals surface area contributed by atoms with E-state index in [4.69, 9.17) is 0 Å². The Morgan fingerprint density at radius 3 is 2.88 bits per heavy atom. The van der Waals surface area contributed by atoms with Gasteiger partial charge in [-0.15, -0.1) is 0 Å². The first-order valence-electron chi connectivity index (χ1n) is 5.93. The molecule has 0 spiro atoms. The number of nitrogens with zero attached hydrogens (tertiary/aromatic N) is 1. The van der Waals surface area contributed by atoms with Crippen LogP contribution in [-0.2, 0) is 0 Å². The molecule has 1 aromatic carbocycles. The van der Waals surface area contributed by atoms with Gasteiger partial charge >= 0.3 is 0 Å². The van der Waals surface area contributed by atoms with Gasteiger partial charge in [0.25, 0.3) is 0 Å². The van der Waals surface area contributed by atoms with Crippen molar-refractivity contribution in [2.75, 3.05) is 6.54 Å². The predicted molar refractivity (Wildman–Crippen MR) is 69.8 cm³/mol. The highest BCUT2D eigenvalue weighted by atomic mass is 16.3. The zero-order chi connectivity index (χ0) is 12.3. The Kier molecular flexibility index (Phi) is 3.71. The van der Waals surface area contributed by atoms with E-state index in [1.165, 1.54) is 0 Å². The summed E-state index contributed by atoms with van der Waals surface area (Å²) in [4.78, 5) is 4.26. The quantitative estimate of drug-likeness (QED) is 0.847. The van der Waals surface area contributed by atoms with E-state index >= 15 is 0 Å². The highest BCUT2D eigenvalue weighted by molar-refractivity contribution is 5.79. The summed E-state index contributed by atoms with van der Waals surface area (Å²) < 4.78 is 0. The molecule has 2 aromatic rings. The molecule has 0 aliphatic carbocycles. The molecule has 3 heteroatoms. The van der Waals surface area contributed by atoms with E-state index in [2.05, 4.69) is 24.1 Å². The van der Waals surface area contributed by atoms with Gasteiger partial charge in [-0.3, -0.25) is 4.98 Å². The zero-order valence-electron chi connectivity index (χ0n) is 10.2. The average Bonchev–Trinajstić information content (AvgIpc) is 2.35. The molecule has 0 amide bonds. The van der Waals surface area contributed by atoms with Gasteiger partial charge in [-0.05, 0) is 23.8 Å². The molecular formula is C14H18N2O. The first-order chi connectivity index (χ1) is 8.16. The van der Waals surface area contributed by atoms with E-state index < -0.39 is 6.10 Å². The van der Waals surface area contributed by atoms with Crippen molar-refractivity contribution in [2.24, 2.45) is 0 Å². The summed E-state index contributed by atoms with van der Waals surface area (Å²) in [6.07, 6.45) is 1.31. The summed E-state index contributed by atoms with van der Waals surface area (Å²) in [7, 11) is 0. The lowest BCUT2D eigenvalue weighted by Gasteiger charge is -2.14. The predicted octanol–water partition coefficient (Wildman–Crippen LogP) is 2.27. The number of aromatic nitrogens is 1. The Labute approximate surface area is 102 Å². The van der Waals surface area contributed by atoms with E-state index in [9.17, 15) is 5.11 Å². The largest absolute Gasteiger partial charge is 0.387 e. The summed E-state index contributed by atoms with van der Waals surface area (Å²) in [6, 6.07) is 10.2. The van der Waals surface area contributed by atoms with Gasteiger partial charge in [0.05, 0.1) is 11.6 Å².